The van der Waals surface area contributed by atoms with Crippen LogP contribution in [0.5, 0.6) is 0 Å². The second kappa shape index (κ2) is 6.46. The highest BCUT2D eigenvalue weighted by atomic mass is 16.5. The molecule has 0 aromatic heterocycles. The highest BCUT2D eigenvalue weighted by molar-refractivity contribution is 4.76. The first-order valence-corrected chi connectivity index (χ1v) is 6.12. The largest absolute Gasteiger partial charge is 0.381 e. The minimum absolute atomic E-state index is 0.337. The van der Waals surface area contributed by atoms with E-state index in [-0.39, 0.29) is 0 Å². The molecule has 0 saturated carbocycles. The van der Waals surface area contributed by atoms with Gasteiger partial charge in [0.2, 0.25) is 0 Å². The van der Waals surface area contributed by atoms with E-state index in [0.717, 1.165) is 38.9 Å². The Kier molecular flexibility index (Phi) is 5.58. The second-order valence-corrected chi connectivity index (χ2v) is 5.13. The van der Waals surface area contributed by atoms with Crippen molar-refractivity contribution in [3.63, 3.8) is 0 Å². The van der Waals surface area contributed by atoms with Gasteiger partial charge in [-0.15, -0.1) is 0 Å². The van der Waals surface area contributed by atoms with E-state index in [1.807, 2.05) is 7.11 Å². The van der Waals surface area contributed by atoms with Crippen LogP contribution in [0, 0.1) is 5.92 Å². The zero-order valence-corrected chi connectivity index (χ0v) is 10.4. The first kappa shape index (κ1) is 12.9. The van der Waals surface area contributed by atoms with E-state index >= 15 is 0 Å². The summed E-state index contributed by atoms with van der Waals surface area (Å²) in [5.41, 5.74) is 6.10. The Morgan fingerprint density at radius 2 is 1.93 bits per heavy atom. The highest BCUT2D eigenvalue weighted by Gasteiger charge is 2.20. The third kappa shape index (κ3) is 4.96. The van der Waals surface area contributed by atoms with E-state index in [2.05, 4.69) is 18.7 Å². The Morgan fingerprint density at radius 1 is 1.33 bits per heavy atom. The average Bonchev–Trinajstić information content (AvgIpc) is 2.17. The number of piperidine rings is 1. The quantitative estimate of drug-likeness (QED) is 0.753. The predicted molar refractivity (Wildman–Crippen MR) is 63.9 cm³/mol. The molecule has 0 aliphatic carbocycles. The van der Waals surface area contributed by atoms with E-state index < -0.39 is 0 Å². The van der Waals surface area contributed by atoms with Gasteiger partial charge < -0.3 is 15.4 Å². The molecule has 3 nitrogen and oxygen atoms in total. The molecule has 0 bridgehead atoms. The number of methoxy groups -OCH3 is 1. The molecule has 0 amide bonds. The molecule has 2 N–H and O–H groups in total. The lowest BCUT2D eigenvalue weighted by Crippen LogP contribution is -2.43. The van der Waals surface area contributed by atoms with Crippen LogP contribution in [0.25, 0.3) is 0 Å². The molecule has 1 heterocycles. The summed E-state index contributed by atoms with van der Waals surface area (Å²) in [7, 11) is 1.81. The van der Waals surface area contributed by atoms with Gasteiger partial charge in [0.25, 0.3) is 0 Å². The van der Waals surface area contributed by atoms with E-state index in [9.17, 15) is 0 Å². The molecule has 1 aliphatic rings. The molecular formula is C12H26N2O. The van der Waals surface area contributed by atoms with Crippen molar-refractivity contribution in [1.29, 1.82) is 0 Å². The van der Waals surface area contributed by atoms with Crippen LogP contribution < -0.4 is 5.73 Å². The summed E-state index contributed by atoms with van der Waals surface area (Å²) in [5, 5.41) is 0. The van der Waals surface area contributed by atoms with Crippen LogP contribution >= 0.6 is 0 Å². The van der Waals surface area contributed by atoms with Crippen LogP contribution in [0.2, 0.25) is 0 Å². The Morgan fingerprint density at radius 3 is 2.40 bits per heavy atom. The molecule has 1 aliphatic heterocycles. The van der Waals surface area contributed by atoms with Gasteiger partial charge in [-0.05, 0) is 25.2 Å². The van der Waals surface area contributed by atoms with E-state index in [4.69, 9.17) is 10.5 Å². The van der Waals surface area contributed by atoms with Crippen molar-refractivity contribution in [2.24, 2.45) is 11.7 Å². The van der Waals surface area contributed by atoms with Gasteiger partial charge in [-0.25, -0.2) is 0 Å². The molecule has 1 atom stereocenters. The Bertz CT molecular complexity index is 165. The fourth-order valence-electron chi connectivity index (χ4n) is 2.34. The zero-order chi connectivity index (χ0) is 11.3. The normalized spacial score (nSPS) is 22.2. The number of ether oxygens (including phenoxy) is 1. The topological polar surface area (TPSA) is 38.5 Å². The van der Waals surface area contributed by atoms with Crippen LogP contribution in [-0.4, -0.2) is 43.8 Å². The maximum atomic E-state index is 6.10. The molecule has 0 radical (unpaired) electrons. The van der Waals surface area contributed by atoms with Crippen molar-refractivity contribution < 1.29 is 4.74 Å². The van der Waals surface area contributed by atoms with Gasteiger partial charge in [0, 0.05) is 32.8 Å². The molecule has 0 aromatic carbocycles. The summed E-state index contributed by atoms with van der Waals surface area (Å²) in [6.45, 7) is 7.80. The molecular weight excluding hydrogens is 188 g/mol. The molecule has 1 unspecified atom stereocenters. The third-order valence-electron chi connectivity index (χ3n) is 3.13. The average molecular weight is 214 g/mol. The lowest BCUT2D eigenvalue weighted by Gasteiger charge is -2.33. The predicted octanol–water partition coefficient (Wildman–Crippen LogP) is 1.47. The van der Waals surface area contributed by atoms with Crippen molar-refractivity contribution in [2.45, 2.75) is 45.3 Å². The minimum Gasteiger partial charge on any atom is -0.381 e. The summed E-state index contributed by atoms with van der Waals surface area (Å²) in [6.07, 6.45) is 3.92. The molecule has 15 heavy (non-hydrogen) atoms. The Hall–Kier alpha value is -0.120. The van der Waals surface area contributed by atoms with E-state index in [0.29, 0.717) is 18.1 Å². The lowest BCUT2D eigenvalue weighted by atomic mass is 10.0. The van der Waals surface area contributed by atoms with Crippen LogP contribution in [0.1, 0.15) is 33.1 Å². The monoisotopic (exact) mass is 214 g/mol. The van der Waals surface area contributed by atoms with Crippen LogP contribution in [-0.2, 0) is 4.74 Å². The van der Waals surface area contributed by atoms with Crippen LogP contribution in [0.4, 0.5) is 0 Å². The molecule has 1 fully saturated rings. The number of rotatable bonds is 5. The van der Waals surface area contributed by atoms with Crippen molar-refractivity contribution >= 4 is 0 Å². The third-order valence-corrected chi connectivity index (χ3v) is 3.13. The smallest absolute Gasteiger partial charge is 0.0595 e. The minimum atomic E-state index is 0.337. The van der Waals surface area contributed by atoms with Crippen molar-refractivity contribution in [3.05, 3.63) is 0 Å². The second-order valence-electron chi connectivity index (χ2n) is 5.13. The lowest BCUT2D eigenvalue weighted by molar-refractivity contribution is 0.0390. The summed E-state index contributed by atoms with van der Waals surface area (Å²) in [6, 6.07) is 0.337. The van der Waals surface area contributed by atoms with E-state index in [1.165, 1.54) is 0 Å². The Balaban J connectivity index is 2.17. The zero-order valence-electron chi connectivity index (χ0n) is 10.4. The molecule has 3 heteroatoms. The van der Waals surface area contributed by atoms with Gasteiger partial charge in [-0.2, -0.15) is 0 Å². The van der Waals surface area contributed by atoms with Gasteiger partial charge in [-0.1, -0.05) is 13.8 Å². The number of likely N-dealkylation sites (tertiary alicyclic amines) is 1. The van der Waals surface area contributed by atoms with Crippen molar-refractivity contribution in [3.8, 4) is 0 Å². The first-order valence-electron chi connectivity index (χ1n) is 6.12. The van der Waals surface area contributed by atoms with Gasteiger partial charge in [0.05, 0.1) is 6.10 Å². The molecule has 1 rings (SSSR count). The van der Waals surface area contributed by atoms with Crippen LogP contribution in [0.3, 0.4) is 0 Å². The summed E-state index contributed by atoms with van der Waals surface area (Å²) in [5.74, 6) is 0.705. The number of nitrogens with zero attached hydrogens (tertiary/aromatic N) is 1. The number of hydrogen-bond donors (Lipinski definition) is 1. The standard InChI is InChI=1S/C12H26N2O/c1-10(2)8-11(13)9-14-6-4-12(15-3)5-7-14/h10-12H,4-9,13H2,1-3H3. The maximum Gasteiger partial charge on any atom is 0.0595 e. The van der Waals surface area contributed by atoms with Crippen LogP contribution in [0.15, 0.2) is 0 Å². The molecule has 0 spiro atoms. The van der Waals surface area contributed by atoms with Crippen molar-refractivity contribution in [1.82, 2.24) is 4.90 Å². The van der Waals surface area contributed by atoms with Gasteiger partial charge >= 0.3 is 0 Å². The van der Waals surface area contributed by atoms with E-state index in [1.54, 1.807) is 0 Å². The number of hydrogen-bond acceptors (Lipinski definition) is 3. The summed E-state index contributed by atoms with van der Waals surface area (Å²) in [4.78, 5) is 2.47. The maximum absolute atomic E-state index is 6.10. The molecule has 90 valence electrons. The summed E-state index contributed by atoms with van der Waals surface area (Å²) < 4.78 is 5.35. The fourth-order valence-corrected chi connectivity index (χ4v) is 2.34. The Labute approximate surface area is 94.0 Å². The summed E-state index contributed by atoms with van der Waals surface area (Å²) >= 11 is 0. The first-order chi connectivity index (χ1) is 7.11. The SMILES string of the molecule is COC1CCN(CC(N)CC(C)C)CC1. The van der Waals surface area contributed by atoms with Crippen molar-refractivity contribution in [2.75, 3.05) is 26.7 Å². The molecule has 1 saturated heterocycles. The van der Waals surface area contributed by atoms with Gasteiger partial charge in [-0.3, -0.25) is 0 Å². The molecule has 0 aromatic rings. The number of nitrogens with two attached hydrogens (primary N) is 1. The van der Waals surface area contributed by atoms with Gasteiger partial charge in [0.15, 0.2) is 0 Å². The fraction of sp³-hybridized carbons (Fsp3) is 1.00. The van der Waals surface area contributed by atoms with Gasteiger partial charge in [0.1, 0.15) is 0 Å². The highest BCUT2D eigenvalue weighted by Crippen LogP contribution is 2.14.